The smallest absolute Gasteiger partial charge is 0.261 e. The molecule has 0 radical (unpaired) electrons. The molecule has 0 bridgehead atoms. The fourth-order valence-corrected chi connectivity index (χ4v) is 9.70. The standard InChI is InChI=1S/C53H87N3O4S/c1-3-5-7-9-11-13-15-17-19-21-23-25-27-29-31-33-42-56(43-34-32-30-28-26-24-22-20-18-16-14-12-10-8-6-4-2)53(58)47-36-35-37-49(44-47)61(59,60)55-48-40-38-46-39-41-51(57)52(54)50(46)45-48/h35-41,44-45,55,57H,3-34,42-43,54H2,1-2H3. The van der Waals surface area contributed by atoms with Crippen molar-refractivity contribution in [1.29, 1.82) is 0 Å². The van der Waals surface area contributed by atoms with E-state index in [-0.39, 0.29) is 22.2 Å². The fourth-order valence-electron chi connectivity index (χ4n) is 8.60. The number of unbranched alkanes of at least 4 members (excludes halogenated alkanes) is 30. The zero-order valence-corrected chi connectivity index (χ0v) is 39.7. The predicted molar refractivity (Wildman–Crippen MR) is 262 cm³/mol. The molecule has 0 fully saturated rings. The number of aromatic hydroxyl groups is 1. The molecule has 4 N–H and O–H groups in total. The minimum Gasteiger partial charge on any atom is -0.506 e. The van der Waals surface area contributed by atoms with E-state index in [0.29, 0.717) is 29.7 Å². The van der Waals surface area contributed by atoms with Gasteiger partial charge >= 0.3 is 0 Å². The molecule has 1 amide bonds. The van der Waals surface area contributed by atoms with Gasteiger partial charge in [0.05, 0.1) is 10.6 Å². The zero-order valence-electron chi connectivity index (χ0n) is 38.8. The first-order valence-electron chi connectivity index (χ1n) is 25.2. The molecule has 0 atom stereocenters. The van der Waals surface area contributed by atoms with Crippen molar-refractivity contribution in [2.45, 2.75) is 224 Å². The molecule has 0 unspecified atom stereocenters. The second-order valence-electron chi connectivity index (χ2n) is 18.0. The molecule has 3 aromatic rings. The number of hydrogen-bond donors (Lipinski definition) is 3. The summed E-state index contributed by atoms with van der Waals surface area (Å²) in [6.45, 7) is 5.94. The van der Waals surface area contributed by atoms with Crippen LogP contribution < -0.4 is 10.5 Å². The molecule has 0 aromatic heterocycles. The van der Waals surface area contributed by atoms with Crippen molar-refractivity contribution in [2.24, 2.45) is 0 Å². The van der Waals surface area contributed by atoms with Crippen LogP contribution in [0.3, 0.4) is 0 Å². The number of phenolic OH excluding ortho intramolecular Hbond substituents is 1. The van der Waals surface area contributed by atoms with Gasteiger partial charge in [0.25, 0.3) is 15.9 Å². The molecule has 0 aliphatic rings. The molecular weight excluding hydrogens is 775 g/mol. The van der Waals surface area contributed by atoms with Gasteiger partial charge in [0.1, 0.15) is 5.75 Å². The number of fused-ring (bicyclic) bond motifs is 1. The number of nitrogens with zero attached hydrogens (tertiary/aromatic N) is 1. The molecule has 0 aliphatic carbocycles. The van der Waals surface area contributed by atoms with Crippen LogP contribution in [0.1, 0.15) is 230 Å². The van der Waals surface area contributed by atoms with Crippen molar-refractivity contribution in [3.05, 3.63) is 60.2 Å². The summed E-state index contributed by atoms with van der Waals surface area (Å²) in [6, 6.07) is 14.7. The first kappa shape index (κ1) is 52.1. The highest BCUT2D eigenvalue weighted by Crippen LogP contribution is 2.32. The quantitative estimate of drug-likeness (QED) is 0.0302. The summed E-state index contributed by atoms with van der Waals surface area (Å²) in [5.41, 5.74) is 7.00. The summed E-state index contributed by atoms with van der Waals surface area (Å²) >= 11 is 0. The van der Waals surface area contributed by atoms with Gasteiger partial charge < -0.3 is 15.7 Å². The lowest BCUT2D eigenvalue weighted by molar-refractivity contribution is 0.0749. The number of anilines is 2. The first-order chi connectivity index (χ1) is 29.8. The van der Waals surface area contributed by atoms with E-state index in [9.17, 15) is 18.3 Å². The van der Waals surface area contributed by atoms with Gasteiger partial charge in [0.15, 0.2) is 0 Å². The number of rotatable bonds is 38. The van der Waals surface area contributed by atoms with Gasteiger partial charge in [-0.3, -0.25) is 9.52 Å². The zero-order chi connectivity index (χ0) is 43.8. The van der Waals surface area contributed by atoms with E-state index >= 15 is 0 Å². The average molecular weight is 862 g/mol. The SMILES string of the molecule is CCCCCCCCCCCCCCCCCCN(CCCCCCCCCCCCCCCCCC)C(=O)c1cccc(S(=O)(=O)Nc2ccc3ccc(O)c(N)c3c2)c1. The maximum atomic E-state index is 14.1. The Bertz CT molecular complexity index is 1670. The molecule has 0 heterocycles. The second kappa shape index (κ2) is 32.4. The highest BCUT2D eigenvalue weighted by molar-refractivity contribution is 7.92. The van der Waals surface area contributed by atoms with Crippen LogP contribution in [0.2, 0.25) is 0 Å². The maximum absolute atomic E-state index is 14.1. The fraction of sp³-hybridized carbons (Fsp3) is 0.679. The van der Waals surface area contributed by atoms with Crippen LogP contribution in [0.15, 0.2) is 59.5 Å². The Labute approximate surface area is 373 Å². The Hall–Kier alpha value is -3.26. The number of carbonyl (C=O) groups excluding carboxylic acids is 1. The molecule has 8 heteroatoms. The number of amides is 1. The molecule has 7 nitrogen and oxygen atoms in total. The number of benzene rings is 3. The minimum absolute atomic E-state index is 0.0343. The molecule has 0 aliphatic heterocycles. The number of carbonyl (C=O) groups is 1. The number of nitrogens with one attached hydrogen (secondary N) is 1. The van der Waals surface area contributed by atoms with Crippen LogP contribution in [0, 0.1) is 0 Å². The topological polar surface area (TPSA) is 113 Å². The Kier molecular flexibility index (Phi) is 27.7. The molecule has 0 saturated heterocycles. The van der Waals surface area contributed by atoms with Crippen LogP contribution in [0.5, 0.6) is 5.75 Å². The van der Waals surface area contributed by atoms with E-state index in [1.54, 1.807) is 36.4 Å². The summed E-state index contributed by atoms with van der Waals surface area (Å²) in [5, 5.41) is 11.4. The molecular formula is C53H87N3O4S. The van der Waals surface area contributed by atoms with Crippen molar-refractivity contribution in [2.75, 3.05) is 23.5 Å². The van der Waals surface area contributed by atoms with Gasteiger partial charge in [-0.1, -0.05) is 225 Å². The summed E-state index contributed by atoms with van der Waals surface area (Å²) in [4.78, 5) is 16.1. The average Bonchev–Trinajstić information content (AvgIpc) is 3.26. The van der Waals surface area contributed by atoms with E-state index < -0.39 is 10.0 Å². The second-order valence-corrected chi connectivity index (χ2v) is 19.6. The van der Waals surface area contributed by atoms with E-state index in [2.05, 4.69) is 18.6 Å². The molecule has 0 saturated carbocycles. The third-order valence-electron chi connectivity index (χ3n) is 12.5. The molecule has 61 heavy (non-hydrogen) atoms. The Morgan fingerprint density at radius 1 is 0.541 bits per heavy atom. The normalized spacial score (nSPS) is 11.7. The van der Waals surface area contributed by atoms with Crippen molar-refractivity contribution >= 4 is 38.1 Å². The number of phenols is 1. The molecule has 3 rings (SSSR count). The first-order valence-corrected chi connectivity index (χ1v) is 26.7. The third kappa shape index (κ3) is 22.1. The van der Waals surface area contributed by atoms with Crippen molar-refractivity contribution in [1.82, 2.24) is 4.90 Å². The van der Waals surface area contributed by atoms with Gasteiger partial charge in [-0.25, -0.2) is 8.42 Å². The number of nitrogen functional groups attached to an aromatic ring is 1. The lowest BCUT2D eigenvalue weighted by atomic mass is 10.0. The largest absolute Gasteiger partial charge is 0.506 e. The monoisotopic (exact) mass is 862 g/mol. The lowest BCUT2D eigenvalue weighted by Gasteiger charge is -2.23. The van der Waals surface area contributed by atoms with Gasteiger partial charge in [-0.15, -0.1) is 0 Å². The third-order valence-corrected chi connectivity index (χ3v) is 13.9. The summed E-state index contributed by atoms with van der Waals surface area (Å²) < 4.78 is 29.8. The highest BCUT2D eigenvalue weighted by Gasteiger charge is 2.20. The van der Waals surface area contributed by atoms with Crippen LogP contribution in [0.25, 0.3) is 10.8 Å². The number of hydrogen-bond acceptors (Lipinski definition) is 5. The van der Waals surface area contributed by atoms with Crippen LogP contribution >= 0.6 is 0 Å². The minimum atomic E-state index is -4.00. The van der Waals surface area contributed by atoms with E-state index in [1.807, 2.05) is 4.90 Å². The Morgan fingerprint density at radius 3 is 1.36 bits per heavy atom. The van der Waals surface area contributed by atoms with Crippen LogP contribution in [-0.4, -0.2) is 37.4 Å². The molecule has 0 spiro atoms. The Balaban J connectivity index is 1.44. The van der Waals surface area contributed by atoms with Gasteiger partial charge in [-0.2, -0.15) is 0 Å². The summed E-state index contributed by atoms with van der Waals surface area (Å²) in [5.74, 6) is -0.157. The van der Waals surface area contributed by atoms with Crippen molar-refractivity contribution < 1.29 is 18.3 Å². The number of sulfonamides is 1. The van der Waals surface area contributed by atoms with Crippen LogP contribution in [0.4, 0.5) is 11.4 Å². The van der Waals surface area contributed by atoms with Gasteiger partial charge in [0.2, 0.25) is 0 Å². The van der Waals surface area contributed by atoms with Gasteiger partial charge in [-0.05, 0) is 54.6 Å². The van der Waals surface area contributed by atoms with Crippen LogP contribution in [-0.2, 0) is 10.0 Å². The summed E-state index contributed by atoms with van der Waals surface area (Å²) in [6.07, 6.45) is 41.9. The highest BCUT2D eigenvalue weighted by atomic mass is 32.2. The number of nitrogens with two attached hydrogens (primary N) is 1. The lowest BCUT2D eigenvalue weighted by Crippen LogP contribution is -2.33. The van der Waals surface area contributed by atoms with Crippen molar-refractivity contribution in [3.63, 3.8) is 0 Å². The van der Waals surface area contributed by atoms with E-state index in [1.165, 1.54) is 198 Å². The van der Waals surface area contributed by atoms with E-state index in [0.717, 1.165) is 31.1 Å². The molecule has 344 valence electrons. The van der Waals surface area contributed by atoms with E-state index in [4.69, 9.17) is 5.73 Å². The van der Waals surface area contributed by atoms with Gasteiger partial charge in [0, 0.05) is 29.7 Å². The maximum Gasteiger partial charge on any atom is 0.261 e. The Morgan fingerprint density at radius 2 is 0.934 bits per heavy atom. The molecule has 3 aromatic carbocycles. The predicted octanol–water partition coefficient (Wildman–Crippen LogP) is 15.9. The summed E-state index contributed by atoms with van der Waals surface area (Å²) in [7, 11) is -4.00. The van der Waals surface area contributed by atoms with Crippen molar-refractivity contribution in [3.8, 4) is 5.75 Å².